The van der Waals surface area contributed by atoms with Crippen LogP contribution in [0.5, 0.6) is 0 Å². The van der Waals surface area contributed by atoms with Crippen LogP contribution in [0.1, 0.15) is 18.4 Å². The van der Waals surface area contributed by atoms with Crippen molar-refractivity contribution in [3.63, 3.8) is 0 Å². The maximum absolute atomic E-state index is 12.8. The van der Waals surface area contributed by atoms with Crippen molar-refractivity contribution in [1.29, 1.82) is 0 Å². The molecule has 2 aromatic rings. The number of nitrogens with one attached hydrogen (secondary N) is 4. The monoisotopic (exact) mass is 448 g/mol. The van der Waals surface area contributed by atoms with E-state index in [0.717, 1.165) is 0 Å². The molecule has 7 nitrogen and oxygen atoms in total. The van der Waals surface area contributed by atoms with E-state index in [9.17, 15) is 18.8 Å². The Hall–Kier alpha value is -3.30. The quantitative estimate of drug-likeness (QED) is 0.309. The van der Waals surface area contributed by atoms with E-state index in [-0.39, 0.29) is 29.7 Å². The summed E-state index contributed by atoms with van der Waals surface area (Å²) in [6, 6.07) is 12.3. The minimum atomic E-state index is -0.537. The number of hydrazine groups is 1. The Bertz CT molecular complexity index is 967. The lowest BCUT2D eigenvalue weighted by Gasteiger charge is -2.10. The fourth-order valence-corrected chi connectivity index (χ4v) is 2.46. The molecule has 3 amide bonds. The third-order valence-electron chi connectivity index (χ3n) is 3.58. The lowest BCUT2D eigenvalue weighted by molar-refractivity contribution is -0.124. The summed E-state index contributed by atoms with van der Waals surface area (Å²) in [6.45, 7) is 0. The minimum Gasteiger partial charge on any atom is -0.325 e. The highest BCUT2D eigenvalue weighted by molar-refractivity contribution is 7.80. The Labute approximate surface area is 182 Å². The Kier molecular flexibility index (Phi) is 8.92. The largest absolute Gasteiger partial charge is 0.325 e. The number of thiocarbonyl (C=S) groups is 1. The highest BCUT2D eigenvalue weighted by Gasteiger charge is 2.09. The van der Waals surface area contributed by atoms with Gasteiger partial charge in [0.05, 0.1) is 10.7 Å². The first kappa shape index (κ1) is 23.0. The molecule has 4 N–H and O–H groups in total. The SMILES string of the molecule is O=C(/C=C/c1ccc(F)cc1)NC(=S)NNC(=O)CCC(=O)Nc1ccccc1Cl. The van der Waals surface area contributed by atoms with Gasteiger partial charge in [-0.05, 0) is 48.1 Å². The molecular formula is C20H18ClFN4O3S. The number of hydrogen-bond donors (Lipinski definition) is 4. The Morgan fingerprint density at radius 2 is 1.63 bits per heavy atom. The molecule has 0 radical (unpaired) electrons. The minimum absolute atomic E-state index is 0.0712. The molecule has 0 fully saturated rings. The van der Waals surface area contributed by atoms with E-state index in [2.05, 4.69) is 21.5 Å². The van der Waals surface area contributed by atoms with Gasteiger partial charge in [0, 0.05) is 18.9 Å². The van der Waals surface area contributed by atoms with Gasteiger partial charge in [-0.1, -0.05) is 35.9 Å². The molecule has 0 unspecified atom stereocenters. The topological polar surface area (TPSA) is 99.3 Å². The molecule has 0 aliphatic rings. The van der Waals surface area contributed by atoms with Crippen LogP contribution in [-0.2, 0) is 14.4 Å². The third-order valence-corrected chi connectivity index (χ3v) is 4.11. The van der Waals surface area contributed by atoms with Crippen LogP contribution in [0.25, 0.3) is 6.08 Å². The molecule has 0 saturated heterocycles. The van der Waals surface area contributed by atoms with Gasteiger partial charge >= 0.3 is 0 Å². The number of para-hydroxylation sites is 1. The van der Waals surface area contributed by atoms with Crippen molar-refractivity contribution in [2.75, 3.05) is 5.32 Å². The van der Waals surface area contributed by atoms with Crippen molar-refractivity contribution >= 4 is 58.4 Å². The molecule has 0 aliphatic carbocycles. The summed E-state index contributed by atoms with van der Waals surface area (Å²) in [6.07, 6.45) is 2.51. The molecule has 0 heterocycles. The van der Waals surface area contributed by atoms with Gasteiger partial charge in [0.15, 0.2) is 5.11 Å². The molecule has 10 heteroatoms. The fraction of sp³-hybridized carbons (Fsp3) is 0.100. The number of carbonyl (C=O) groups is 3. The van der Waals surface area contributed by atoms with Gasteiger partial charge in [-0.2, -0.15) is 0 Å². The highest BCUT2D eigenvalue weighted by atomic mass is 35.5. The summed E-state index contributed by atoms with van der Waals surface area (Å²) in [5, 5.41) is 5.20. The van der Waals surface area contributed by atoms with Crippen LogP contribution in [-0.4, -0.2) is 22.8 Å². The smallest absolute Gasteiger partial charge is 0.250 e. The van der Waals surface area contributed by atoms with Gasteiger partial charge in [-0.3, -0.25) is 30.6 Å². The standard InChI is InChI=1S/C20H18ClFN4O3S/c21-15-3-1-2-4-16(15)23-17(27)11-12-19(29)25-26-20(30)24-18(28)10-7-13-5-8-14(22)9-6-13/h1-10H,11-12H2,(H,23,27)(H,25,29)(H2,24,26,28,30)/b10-7+. The maximum atomic E-state index is 12.8. The summed E-state index contributed by atoms with van der Waals surface area (Å²) >= 11 is 10.8. The van der Waals surface area contributed by atoms with Crippen LogP contribution in [0.15, 0.2) is 54.6 Å². The van der Waals surface area contributed by atoms with Crippen molar-refractivity contribution in [3.8, 4) is 0 Å². The number of halogens is 2. The summed E-state index contributed by atoms with van der Waals surface area (Å²) in [5.74, 6) is -1.79. The third kappa shape index (κ3) is 8.38. The zero-order valence-corrected chi connectivity index (χ0v) is 17.1. The summed E-state index contributed by atoms with van der Waals surface area (Å²) in [7, 11) is 0. The first-order valence-corrected chi connectivity index (χ1v) is 9.50. The zero-order chi connectivity index (χ0) is 21.9. The number of hydrogen-bond acceptors (Lipinski definition) is 4. The lowest BCUT2D eigenvalue weighted by atomic mass is 10.2. The van der Waals surface area contributed by atoms with E-state index in [1.54, 1.807) is 24.3 Å². The number of amides is 3. The second-order valence-corrected chi connectivity index (χ2v) is 6.72. The number of benzene rings is 2. The maximum Gasteiger partial charge on any atom is 0.250 e. The van der Waals surface area contributed by atoms with Gasteiger partial charge < -0.3 is 5.32 Å². The van der Waals surface area contributed by atoms with Crippen LogP contribution in [0.2, 0.25) is 5.02 Å². The molecule has 0 atom stereocenters. The number of carbonyl (C=O) groups excluding carboxylic acids is 3. The van der Waals surface area contributed by atoms with Gasteiger partial charge in [-0.25, -0.2) is 4.39 Å². The van der Waals surface area contributed by atoms with E-state index in [1.165, 1.54) is 36.4 Å². The molecule has 0 saturated carbocycles. The van der Waals surface area contributed by atoms with Crippen LogP contribution < -0.4 is 21.5 Å². The highest BCUT2D eigenvalue weighted by Crippen LogP contribution is 2.20. The summed E-state index contributed by atoms with van der Waals surface area (Å²) in [4.78, 5) is 35.5. The number of rotatable bonds is 6. The van der Waals surface area contributed by atoms with E-state index in [4.69, 9.17) is 23.8 Å². The Balaban J connectivity index is 1.66. The normalized spacial score (nSPS) is 10.3. The second kappa shape index (κ2) is 11.6. The van der Waals surface area contributed by atoms with Crippen molar-refractivity contribution in [2.45, 2.75) is 12.8 Å². The Morgan fingerprint density at radius 3 is 2.33 bits per heavy atom. The van der Waals surface area contributed by atoms with E-state index in [0.29, 0.717) is 16.3 Å². The molecule has 0 bridgehead atoms. The van der Waals surface area contributed by atoms with Crippen molar-refractivity contribution in [1.82, 2.24) is 16.2 Å². The van der Waals surface area contributed by atoms with Crippen molar-refractivity contribution in [2.24, 2.45) is 0 Å². The molecule has 0 aromatic heterocycles. The summed E-state index contributed by atoms with van der Waals surface area (Å²) in [5.41, 5.74) is 5.74. The zero-order valence-electron chi connectivity index (χ0n) is 15.6. The molecular weight excluding hydrogens is 431 g/mol. The van der Waals surface area contributed by atoms with Crippen LogP contribution >= 0.6 is 23.8 Å². The van der Waals surface area contributed by atoms with Crippen LogP contribution in [0.4, 0.5) is 10.1 Å². The molecule has 156 valence electrons. The van der Waals surface area contributed by atoms with Crippen molar-refractivity contribution in [3.05, 3.63) is 71.0 Å². The predicted octanol–water partition coefficient (Wildman–Crippen LogP) is 2.93. The average Bonchev–Trinajstić information content (AvgIpc) is 2.72. The van der Waals surface area contributed by atoms with Crippen molar-refractivity contribution < 1.29 is 18.8 Å². The van der Waals surface area contributed by atoms with Gasteiger partial charge in [-0.15, -0.1) is 0 Å². The van der Waals surface area contributed by atoms with Crippen LogP contribution in [0, 0.1) is 5.82 Å². The van der Waals surface area contributed by atoms with E-state index in [1.807, 2.05) is 0 Å². The molecule has 2 aromatic carbocycles. The molecule has 30 heavy (non-hydrogen) atoms. The molecule has 0 spiro atoms. The van der Waals surface area contributed by atoms with Gasteiger partial charge in [0.25, 0.3) is 0 Å². The lowest BCUT2D eigenvalue weighted by Crippen LogP contribution is -2.48. The first-order valence-electron chi connectivity index (χ1n) is 8.71. The van der Waals surface area contributed by atoms with Crippen LogP contribution in [0.3, 0.4) is 0 Å². The first-order chi connectivity index (χ1) is 14.3. The van der Waals surface area contributed by atoms with Gasteiger partial charge in [0.1, 0.15) is 5.82 Å². The number of anilines is 1. The molecule has 2 rings (SSSR count). The van der Waals surface area contributed by atoms with E-state index < -0.39 is 11.8 Å². The summed E-state index contributed by atoms with van der Waals surface area (Å²) < 4.78 is 12.8. The van der Waals surface area contributed by atoms with E-state index >= 15 is 0 Å². The fourth-order valence-electron chi connectivity index (χ4n) is 2.12. The Morgan fingerprint density at radius 1 is 0.967 bits per heavy atom. The average molecular weight is 449 g/mol. The predicted molar refractivity (Wildman–Crippen MR) is 117 cm³/mol. The van der Waals surface area contributed by atoms with Gasteiger partial charge in [0.2, 0.25) is 17.7 Å². The second-order valence-electron chi connectivity index (χ2n) is 5.90. The molecule has 0 aliphatic heterocycles.